The minimum atomic E-state index is -0.747. The molecule has 4 aromatic rings. The van der Waals surface area contributed by atoms with Crippen LogP contribution in [0.2, 0.25) is 0 Å². The molecule has 0 aliphatic rings. The molecule has 0 bridgehead atoms. The van der Waals surface area contributed by atoms with Gasteiger partial charge in [0.25, 0.3) is 11.5 Å². The predicted molar refractivity (Wildman–Crippen MR) is 120 cm³/mol. The number of benzene rings is 2. The molecule has 32 heavy (non-hydrogen) atoms. The number of hydrogen-bond acceptors (Lipinski definition) is 7. The number of aromatic hydroxyl groups is 1. The standard InChI is InChI=1S/C23H21N5O4/c1-27(13-16-10-6-7-11-18(16)15-8-4-3-5-9-15)23-26-19(20(29)22(31)28(23)2)21(30)25-17-12-24-32-14-17/h3-12,14,29H,13H2,1-2H3,(H,25,30). The second-order valence-corrected chi connectivity index (χ2v) is 7.22. The Balaban J connectivity index is 1.68. The number of anilines is 2. The fourth-order valence-electron chi connectivity index (χ4n) is 3.42. The maximum Gasteiger partial charge on any atom is 0.297 e. The van der Waals surface area contributed by atoms with Crippen LogP contribution in [0.4, 0.5) is 11.6 Å². The third-order valence-electron chi connectivity index (χ3n) is 5.00. The van der Waals surface area contributed by atoms with Crippen molar-refractivity contribution in [3.05, 3.63) is 88.7 Å². The fourth-order valence-corrected chi connectivity index (χ4v) is 3.42. The molecule has 0 aliphatic heterocycles. The summed E-state index contributed by atoms with van der Waals surface area (Å²) < 4.78 is 5.88. The van der Waals surface area contributed by atoms with Crippen molar-refractivity contribution in [1.82, 2.24) is 14.7 Å². The third kappa shape index (κ3) is 4.08. The number of nitrogens with zero attached hydrogens (tertiary/aromatic N) is 4. The minimum absolute atomic E-state index is 0.228. The molecule has 9 heteroatoms. The summed E-state index contributed by atoms with van der Waals surface area (Å²) in [6.45, 7) is 0.419. The summed E-state index contributed by atoms with van der Waals surface area (Å²) in [6.07, 6.45) is 2.52. The van der Waals surface area contributed by atoms with Crippen LogP contribution in [-0.2, 0) is 13.6 Å². The van der Waals surface area contributed by atoms with Gasteiger partial charge in [-0.25, -0.2) is 4.98 Å². The van der Waals surface area contributed by atoms with Gasteiger partial charge in [-0.3, -0.25) is 14.2 Å². The molecule has 2 heterocycles. The van der Waals surface area contributed by atoms with E-state index in [1.165, 1.54) is 24.1 Å². The molecular weight excluding hydrogens is 410 g/mol. The zero-order valence-electron chi connectivity index (χ0n) is 17.5. The molecule has 0 aliphatic carbocycles. The van der Waals surface area contributed by atoms with E-state index in [-0.39, 0.29) is 17.3 Å². The Labute approximate surface area is 183 Å². The number of carbonyl (C=O) groups excluding carboxylic acids is 1. The van der Waals surface area contributed by atoms with Gasteiger partial charge in [0.2, 0.25) is 11.7 Å². The molecule has 2 N–H and O–H groups in total. The minimum Gasteiger partial charge on any atom is -0.501 e. The van der Waals surface area contributed by atoms with Gasteiger partial charge in [0.1, 0.15) is 12.0 Å². The summed E-state index contributed by atoms with van der Waals surface area (Å²) in [4.78, 5) is 31.2. The molecule has 1 amide bonds. The van der Waals surface area contributed by atoms with E-state index in [0.29, 0.717) is 6.54 Å². The molecule has 0 radical (unpaired) electrons. The normalized spacial score (nSPS) is 10.7. The number of aromatic nitrogens is 3. The molecule has 0 saturated heterocycles. The average Bonchev–Trinajstić information content (AvgIpc) is 3.31. The third-order valence-corrected chi connectivity index (χ3v) is 5.00. The van der Waals surface area contributed by atoms with Crippen LogP contribution in [0, 0.1) is 0 Å². The molecule has 2 aromatic carbocycles. The number of amides is 1. The van der Waals surface area contributed by atoms with Crippen LogP contribution >= 0.6 is 0 Å². The molecule has 0 fully saturated rings. The van der Waals surface area contributed by atoms with Gasteiger partial charge in [0, 0.05) is 20.6 Å². The number of rotatable bonds is 6. The topological polar surface area (TPSA) is 113 Å². The fraction of sp³-hybridized carbons (Fsp3) is 0.130. The highest BCUT2D eigenvalue weighted by Gasteiger charge is 2.22. The Morgan fingerprint density at radius 3 is 2.59 bits per heavy atom. The van der Waals surface area contributed by atoms with Gasteiger partial charge in [0.05, 0.1) is 6.20 Å². The van der Waals surface area contributed by atoms with Crippen molar-refractivity contribution in [3.63, 3.8) is 0 Å². The summed E-state index contributed by atoms with van der Waals surface area (Å²) in [6, 6.07) is 17.9. The lowest BCUT2D eigenvalue weighted by Crippen LogP contribution is -2.31. The highest BCUT2D eigenvalue weighted by Crippen LogP contribution is 2.26. The molecule has 0 spiro atoms. The number of carbonyl (C=O) groups is 1. The highest BCUT2D eigenvalue weighted by molar-refractivity contribution is 6.04. The van der Waals surface area contributed by atoms with E-state index in [0.717, 1.165) is 16.7 Å². The zero-order chi connectivity index (χ0) is 22.7. The van der Waals surface area contributed by atoms with E-state index < -0.39 is 17.2 Å². The monoisotopic (exact) mass is 431 g/mol. The van der Waals surface area contributed by atoms with Crippen LogP contribution in [0.1, 0.15) is 16.1 Å². The van der Waals surface area contributed by atoms with Crippen LogP contribution < -0.4 is 15.8 Å². The second-order valence-electron chi connectivity index (χ2n) is 7.22. The lowest BCUT2D eigenvalue weighted by atomic mass is 9.99. The first-order valence-electron chi connectivity index (χ1n) is 9.81. The Morgan fingerprint density at radius 2 is 1.88 bits per heavy atom. The number of hydrogen-bond donors (Lipinski definition) is 2. The van der Waals surface area contributed by atoms with E-state index in [2.05, 4.69) is 20.0 Å². The van der Waals surface area contributed by atoms with Crippen molar-refractivity contribution in [2.24, 2.45) is 7.05 Å². The van der Waals surface area contributed by atoms with E-state index in [4.69, 9.17) is 0 Å². The first-order chi connectivity index (χ1) is 15.5. The first-order valence-corrected chi connectivity index (χ1v) is 9.81. The van der Waals surface area contributed by atoms with Crippen molar-refractivity contribution in [3.8, 4) is 16.9 Å². The second kappa shape index (κ2) is 8.76. The van der Waals surface area contributed by atoms with E-state index >= 15 is 0 Å². The molecule has 4 rings (SSSR count). The maximum absolute atomic E-state index is 12.6. The van der Waals surface area contributed by atoms with Crippen LogP contribution in [-0.4, -0.2) is 32.8 Å². The molecule has 9 nitrogen and oxygen atoms in total. The predicted octanol–water partition coefficient (Wildman–Crippen LogP) is 3.03. The molecule has 0 atom stereocenters. The highest BCUT2D eigenvalue weighted by atomic mass is 16.5. The van der Waals surface area contributed by atoms with Crippen molar-refractivity contribution in [2.75, 3.05) is 17.3 Å². The SMILES string of the molecule is CN(Cc1ccccc1-c1ccccc1)c1nc(C(=O)Nc2cnoc2)c(O)c(=O)n1C. The molecular formula is C23H21N5O4. The van der Waals surface area contributed by atoms with E-state index in [1.54, 1.807) is 11.9 Å². The molecule has 2 aromatic heterocycles. The summed E-state index contributed by atoms with van der Waals surface area (Å²) in [5.74, 6) is -1.25. The van der Waals surface area contributed by atoms with Gasteiger partial charge in [-0.05, 0) is 16.7 Å². The summed E-state index contributed by atoms with van der Waals surface area (Å²) in [5, 5.41) is 16.2. The van der Waals surface area contributed by atoms with Crippen molar-refractivity contribution < 1.29 is 14.4 Å². The van der Waals surface area contributed by atoms with Gasteiger partial charge in [0.15, 0.2) is 5.69 Å². The van der Waals surface area contributed by atoms with Gasteiger partial charge in [-0.2, -0.15) is 0 Å². The van der Waals surface area contributed by atoms with Gasteiger partial charge < -0.3 is 19.8 Å². The molecule has 0 saturated carbocycles. The van der Waals surface area contributed by atoms with E-state index in [9.17, 15) is 14.7 Å². The molecule has 0 unspecified atom stereocenters. The zero-order valence-corrected chi connectivity index (χ0v) is 17.5. The smallest absolute Gasteiger partial charge is 0.297 e. The van der Waals surface area contributed by atoms with Crippen LogP contribution in [0.5, 0.6) is 5.75 Å². The Kier molecular flexibility index (Phi) is 5.71. The molecule has 162 valence electrons. The Bertz CT molecular complexity index is 1300. The van der Waals surface area contributed by atoms with Gasteiger partial charge >= 0.3 is 0 Å². The van der Waals surface area contributed by atoms with Crippen molar-refractivity contribution in [2.45, 2.75) is 6.54 Å². The quantitative estimate of drug-likeness (QED) is 0.482. The Hall–Kier alpha value is -4.40. The lowest BCUT2D eigenvalue weighted by molar-refractivity contribution is 0.101. The lowest BCUT2D eigenvalue weighted by Gasteiger charge is -2.23. The Morgan fingerprint density at radius 1 is 1.16 bits per heavy atom. The summed E-state index contributed by atoms with van der Waals surface area (Å²) in [5.41, 5.74) is 2.30. The van der Waals surface area contributed by atoms with Crippen LogP contribution in [0.3, 0.4) is 0 Å². The first kappa shape index (κ1) is 20.9. The van der Waals surface area contributed by atoms with E-state index in [1.807, 2.05) is 54.6 Å². The summed E-state index contributed by atoms with van der Waals surface area (Å²) in [7, 11) is 3.26. The van der Waals surface area contributed by atoms with Crippen molar-refractivity contribution >= 4 is 17.5 Å². The van der Waals surface area contributed by atoms with Crippen LogP contribution in [0.15, 0.2) is 76.4 Å². The van der Waals surface area contributed by atoms with Crippen LogP contribution in [0.25, 0.3) is 11.1 Å². The van der Waals surface area contributed by atoms with Crippen molar-refractivity contribution in [1.29, 1.82) is 0 Å². The van der Waals surface area contributed by atoms with Gasteiger partial charge in [-0.1, -0.05) is 59.8 Å². The average molecular weight is 431 g/mol. The summed E-state index contributed by atoms with van der Waals surface area (Å²) >= 11 is 0. The largest absolute Gasteiger partial charge is 0.501 e. The number of nitrogens with one attached hydrogen (secondary N) is 1. The van der Waals surface area contributed by atoms with Gasteiger partial charge in [-0.15, -0.1) is 0 Å². The maximum atomic E-state index is 12.6.